The van der Waals surface area contributed by atoms with E-state index in [4.69, 9.17) is 16.3 Å². The van der Waals surface area contributed by atoms with Crippen LogP contribution in [0.25, 0.3) is 0 Å². The third kappa shape index (κ3) is 3.46. The molecule has 13 heavy (non-hydrogen) atoms. The van der Waals surface area contributed by atoms with E-state index in [1.807, 2.05) is 6.92 Å². The van der Waals surface area contributed by atoms with E-state index in [-0.39, 0.29) is 5.38 Å². The van der Waals surface area contributed by atoms with Crippen molar-refractivity contribution in [2.75, 3.05) is 19.0 Å². The lowest BCUT2D eigenvalue weighted by Gasteiger charge is -2.06. The Bertz CT molecular complexity index is 267. The zero-order valence-corrected chi connectivity index (χ0v) is 8.38. The van der Waals surface area contributed by atoms with Gasteiger partial charge in [0.2, 0.25) is 11.8 Å². The van der Waals surface area contributed by atoms with Crippen LogP contribution in [0, 0.1) is 0 Å². The fourth-order valence-electron chi connectivity index (χ4n) is 0.773. The molecule has 0 aliphatic rings. The van der Waals surface area contributed by atoms with Crippen molar-refractivity contribution in [3.8, 4) is 5.88 Å². The first kappa shape index (κ1) is 10.1. The van der Waals surface area contributed by atoms with Gasteiger partial charge in [0.25, 0.3) is 0 Å². The molecular weight excluding hydrogens is 190 g/mol. The Hall–Kier alpha value is -1.03. The Morgan fingerprint density at radius 1 is 1.69 bits per heavy atom. The van der Waals surface area contributed by atoms with E-state index in [1.165, 1.54) is 0 Å². The number of nitrogens with one attached hydrogen (secondary N) is 1. The van der Waals surface area contributed by atoms with Crippen molar-refractivity contribution in [2.24, 2.45) is 0 Å². The van der Waals surface area contributed by atoms with E-state index in [0.717, 1.165) is 0 Å². The Balaban J connectivity index is 2.56. The molecule has 0 aliphatic heterocycles. The average molecular weight is 202 g/mol. The fourth-order valence-corrected chi connectivity index (χ4v) is 0.850. The third-order valence-corrected chi connectivity index (χ3v) is 1.53. The summed E-state index contributed by atoms with van der Waals surface area (Å²) in [6, 6.07) is 1.69. The van der Waals surface area contributed by atoms with Crippen molar-refractivity contribution in [2.45, 2.75) is 12.3 Å². The molecule has 0 saturated heterocycles. The molecule has 0 fully saturated rings. The predicted molar refractivity (Wildman–Crippen MR) is 52.4 cm³/mol. The third-order valence-electron chi connectivity index (χ3n) is 1.38. The van der Waals surface area contributed by atoms with Crippen molar-refractivity contribution >= 4 is 17.5 Å². The number of methoxy groups -OCH3 is 1. The van der Waals surface area contributed by atoms with Gasteiger partial charge in [0, 0.05) is 24.2 Å². The van der Waals surface area contributed by atoms with Crippen molar-refractivity contribution < 1.29 is 4.74 Å². The maximum Gasteiger partial charge on any atom is 0.225 e. The Morgan fingerprint density at radius 2 is 2.46 bits per heavy atom. The van der Waals surface area contributed by atoms with Crippen LogP contribution in [0.3, 0.4) is 0 Å². The second kappa shape index (κ2) is 4.87. The van der Waals surface area contributed by atoms with Crippen molar-refractivity contribution in [1.82, 2.24) is 9.97 Å². The number of hydrogen-bond donors (Lipinski definition) is 1. The van der Waals surface area contributed by atoms with E-state index in [0.29, 0.717) is 18.4 Å². The lowest BCUT2D eigenvalue weighted by Crippen LogP contribution is -2.12. The number of nitrogens with zero attached hydrogens (tertiary/aromatic N) is 2. The Labute approximate surface area is 82.3 Å². The summed E-state index contributed by atoms with van der Waals surface area (Å²) in [5.74, 6) is 1.08. The first-order valence-corrected chi connectivity index (χ1v) is 4.41. The van der Waals surface area contributed by atoms with E-state index in [9.17, 15) is 0 Å². The van der Waals surface area contributed by atoms with Crippen LogP contribution in [0.15, 0.2) is 12.3 Å². The van der Waals surface area contributed by atoms with Gasteiger partial charge in [-0.15, -0.1) is 11.6 Å². The molecule has 1 heterocycles. The first-order chi connectivity index (χ1) is 6.22. The average Bonchev–Trinajstić information content (AvgIpc) is 2.15. The van der Waals surface area contributed by atoms with Crippen molar-refractivity contribution in [3.63, 3.8) is 0 Å². The molecule has 0 amide bonds. The molecule has 72 valence electrons. The highest BCUT2D eigenvalue weighted by Crippen LogP contribution is 2.07. The van der Waals surface area contributed by atoms with Crippen molar-refractivity contribution in [3.05, 3.63) is 12.3 Å². The van der Waals surface area contributed by atoms with E-state index >= 15 is 0 Å². The van der Waals surface area contributed by atoms with Crippen LogP contribution in [0.1, 0.15) is 6.92 Å². The van der Waals surface area contributed by atoms with Gasteiger partial charge in [0.05, 0.1) is 7.11 Å². The molecular formula is C8H12ClN3O. The molecule has 5 heteroatoms. The minimum absolute atomic E-state index is 0.0507. The molecule has 4 nitrogen and oxygen atoms in total. The number of aromatic nitrogens is 2. The minimum atomic E-state index is 0.0507. The molecule has 0 aliphatic carbocycles. The minimum Gasteiger partial charge on any atom is -0.481 e. The monoisotopic (exact) mass is 201 g/mol. The zero-order chi connectivity index (χ0) is 9.68. The van der Waals surface area contributed by atoms with Gasteiger partial charge >= 0.3 is 0 Å². The molecule has 0 bridgehead atoms. The standard InChI is InChI=1S/C8H12ClN3O/c1-6(9)5-11-8-10-4-3-7(12-8)13-2/h3-4,6H,5H2,1-2H3,(H,10,11,12). The lowest BCUT2D eigenvalue weighted by atomic mass is 10.5. The highest BCUT2D eigenvalue weighted by Gasteiger charge is 1.99. The van der Waals surface area contributed by atoms with Gasteiger partial charge in [-0.05, 0) is 6.92 Å². The summed E-state index contributed by atoms with van der Waals surface area (Å²) in [6.45, 7) is 2.53. The number of anilines is 1. The Morgan fingerprint density at radius 3 is 3.08 bits per heavy atom. The molecule has 1 aromatic rings. The summed E-state index contributed by atoms with van der Waals surface area (Å²) in [6.07, 6.45) is 1.63. The van der Waals surface area contributed by atoms with Crippen LogP contribution in [-0.2, 0) is 0 Å². The van der Waals surface area contributed by atoms with Gasteiger partial charge < -0.3 is 10.1 Å². The molecule has 1 N–H and O–H groups in total. The maximum atomic E-state index is 5.75. The van der Waals surface area contributed by atoms with E-state index in [1.54, 1.807) is 19.4 Å². The Kier molecular flexibility index (Phi) is 3.76. The SMILES string of the molecule is COc1ccnc(NCC(C)Cl)n1. The summed E-state index contributed by atoms with van der Waals surface area (Å²) in [4.78, 5) is 8.06. The zero-order valence-electron chi connectivity index (χ0n) is 7.62. The summed E-state index contributed by atoms with van der Waals surface area (Å²) >= 11 is 5.75. The maximum absolute atomic E-state index is 5.75. The highest BCUT2D eigenvalue weighted by molar-refractivity contribution is 6.20. The normalized spacial score (nSPS) is 12.2. The van der Waals surface area contributed by atoms with E-state index in [2.05, 4.69) is 15.3 Å². The largest absolute Gasteiger partial charge is 0.481 e. The summed E-state index contributed by atoms with van der Waals surface area (Å²) in [5, 5.41) is 3.04. The van der Waals surface area contributed by atoms with Crippen LogP contribution < -0.4 is 10.1 Å². The quantitative estimate of drug-likeness (QED) is 0.751. The predicted octanol–water partition coefficient (Wildman–Crippen LogP) is 1.52. The van der Waals surface area contributed by atoms with Crippen molar-refractivity contribution in [1.29, 1.82) is 0 Å². The summed E-state index contributed by atoms with van der Waals surface area (Å²) in [7, 11) is 1.57. The second-order valence-electron chi connectivity index (χ2n) is 2.58. The molecule has 1 atom stereocenters. The summed E-state index contributed by atoms with van der Waals surface area (Å²) < 4.78 is 4.94. The van der Waals surface area contributed by atoms with Gasteiger partial charge in [-0.1, -0.05) is 0 Å². The van der Waals surface area contributed by atoms with Crippen LogP contribution in [0.2, 0.25) is 0 Å². The molecule has 0 aromatic carbocycles. The highest BCUT2D eigenvalue weighted by atomic mass is 35.5. The fraction of sp³-hybridized carbons (Fsp3) is 0.500. The molecule has 0 radical (unpaired) electrons. The summed E-state index contributed by atoms with van der Waals surface area (Å²) in [5.41, 5.74) is 0. The van der Waals surface area contributed by atoms with Gasteiger partial charge in [0.1, 0.15) is 0 Å². The van der Waals surface area contributed by atoms with Gasteiger partial charge in [-0.3, -0.25) is 0 Å². The number of rotatable bonds is 4. The topological polar surface area (TPSA) is 47.0 Å². The number of hydrogen-bond acceptors (Lipinski definition) is 4. The molecule has 1 aromatic heterocycles. The number of halogens is 1. The van der Waals surface area contributed by atoms with Gasteiger partial charge in [-0.2, -0.15) is 4.98 Å². The number of ether oxygens (including phenoxy) is 1. The van der Waals surface area contributed by atoms with Crippen LogP contribution in [0.5, 0.6) is 5.88 Å². The number of alkyl halides is 1. The smallest absolute Gasteiger partial charge is 0.225 e. The first-order valence-electron chi connectivity index (χ1n) is 3.97. The van der Waals surface area contributed by atoms with Crippen LogP contribution >= 0.6 is 11.6 Å². The second-order valence-corrected chi connectivity index (χ2v) is 3.33. The molecule has 0 spiro atoms. The molecule has 1 rings (SSSR count). The van der Waals surface area contributed by atoms with Gasteiger partial charge in [0.15, 0.2) is 0 Å². The van der Waals surface area contributed by atoms with E-state index < -0.39 is 0 Å². The molecule has 0 saturated carbocycles. The van der Waals surface area contributed by atoms with Crippen LogP contribution in [-0.4, -0.2) is 29.0 Å². The molecule has 1 unspecified atom stereocenters. The van der Waals surface area contributed by atoms with Crippen LogP contribution in [0.4, 0.5) is 5.95 Å². The lowest BCUT2D eigenvalue weighted by molar-refractivity contribution is 0.397. The van der Waals surface area contributed by atoms with Gasteiger partial charge in [-0.25, -0.2) is 4.98 Å².